The Morgan fingerprint density at radius 3 is 2.51 bits per heavy atom. The Labute approximate surface area is 229 Å². The first-order chi connectivity index (χ1) is 18.6. The monoisotopic (exact) mass is 533 g/mol. The van der Waals surface area contributed by atoms with Crippen molar-refractivity contribution in [2.24, 2.45) is 5.41 Å². The first-order valence-electron chi connectivity index (χ1n) is 13.8. The van der Waals surface area contributed by atoms with Crippen LogP contribution in [0.2, 0.25) is 0 Å². The van der Waals surface area contributed by atoms with Gasteiger partial charge in [0.05, 0.1) is 5.52 Å². The molecule has 3 aromatic rings. The lowest BCUT2D eigenvalue weighted by atomic mass is 9.78. The van der Waals surface area contributed by atoms with E-state index in [1.807, 2.05) is 35.8 Å². The van der Waals surface area contributed by atoms with E-state index >= 15 is 0 Å². The van der Waals surface area contributed by atoms with Crippen molar-refractivity contribution in [2.75, 3.05) is 26.3 Å². The first kappa shape index (κ1) is 27.1. The highest BCUT2D eigenvalue weighted by atomic mass is 16.6. The normalized spacial score (nSPS) is 19.7. The Bertz CT molecular complexity index is 1410. The molecular formula is C31H39N3O5. The lowest BCUT2D eigenvalue weighted by Crippen LogP contribution is -2.55. The van der Waals surface area contributed by atoms with Crippen LogP contribution in [0.15, 0.2) is 53.3 Å². The maximum atomic E-state index is 12.8. The Hall–Kier alpha value is -3.52. The van der Waals surface area contributed by atoms with E-state index in [2.05, 4.69) is 43.9 Å². The molecule has 5 rings (SSSR count). The quantitative estimate of drug-likeness (QED) is 0.472. The van der Waals surface area contributed by atoms with Crippen LogP contribution >= 0.6 is 0 Å². The molecule has 2 aliphatic rings. The van der Waals surface area contributed by atoms with E-state index in [4.69, 9.17) is 9.47 Å². The zero-order valence-corrected chi connectivity index (χ0v) is 23.4. The van der Waals surface area contributed by atoms with Crippen LogP contribution in [0.3, 0.4) is 0 Å². The molecule has 39 heavy (non-hydrogen) atoms. The van der Waals surface area contributed by atoms with E-state index in [0.717, 1.165) is 48.0 Å². The van der Waals surface area contributed by atoms with Crippen molar-refractivity contribution >= 4 is 17.0 Å². The molecule has 0 aliphatic carbocycles. The number of rotatable bonds is 6. The summed E-state index contributed by atoms with van der Waals surface area (Å²) in [6.45, 7) is 12.1. The number of nitrogens with zero attached hydrogens (tertiary/aromatic N) is 3. The van der Waals surface area contributed by atoms with Crippen LogP contribution in [0.25, 0.3) is 10.9 Å². The van der Waals surface area contributed by atoms with Crippen LogP contribution in [0.1, 0.15) is 44.7 Å². The van der Waals surface area contributed by atoms with Gasteiger partial charge < -0.3 is 24.0 Å². The van der Waals surface area contributed by atoms with Crippen molar-refractivity contribution in [3.8, 4) is 11.5 Å². The average molecular weight is 534 g/mol. The van der Waals surface area contributed by atoms with E-state index in [1.54, 1.807) is 11.0 Å². The van der Waals surface area contributed by atoms with Crippen molar-refractivity contribution in [2.45, 2.75) is 65.7 Å². The molecule has 0 bridgehead atoms. The van der Waals surface area contributed by atoms with Gasteiger partial charge in [0.25, 0.3) is 5.56 Å². The highest BCUT2D eigenvalue weighted by Gasteiger charge is 2.39. The standard InChI is InChI=1S/C31H39N3O5/c1-21-5-7-23-8-10-29(35)33(25(23)17-21)14-13-32-12-11-24(19-28(32)31(2,3)4)34(30(36)37)20-22-6-9-26-27(18-22)39-16-15-38-26/h5-10,17-18,24,28H,11-16,19-20H2,1-4H3,(H,36,37). The third-order valence-electron chi connectivity index (χ3n) is 8.09. The van der Waals surface area contributed by atoms with Crippen LogP contribution in [-0.4, -0.2) is 64.0 Å². The molecule has 8 heteroatoms. The molecule has 1 fully saturated rings. The number of hydrogen-bond acceptors (Lipinski definition) is 5. The number of aromatic nitrogens is 1. The van der Waals surface area contributed by atoms with Gasteiger partial charge in [-0.1, -0.05) is 39.0 Å². The summed E-state index contributed by atoms with van der Waals surface area (Å²) in [6.07, 6.45) is 0.574. The van der Waals surface area contributed by atoms with Crippen molar-refractivity contribution in [1.29, 1.82) is 0 Å². The minimum absolute atomic E-state index is 0.00627. The molecule has 2 aromatic carbocycles. The fourth-order valence-electron chi connectivity index (χ4n) is 6.04. The number of hydrogen-bond donors (Lipinski definition) is 1. The van der Waals surface area contributed by atoms with Gasteiger partial charge in [-0.3, -0.25) is 9.69 Å². The van der Waals surface area contributed by atoms with Crippen LogP contribution in [-0.2, 0) is 13.1 Å². The summed E-state index contributed by atoms with van der Waals surface area (Å²) < 4.78 is 13.2. The zero-order valence-electron chi connectivity index (χ0n) is 23.4. The Kier molecular flexibility index (Phi) is 7.58. The summed E-state index contributed by atoms with van der Waals surface area (Å²) in [6, 6.07) is 15.5. The van der Waals surface area contributed by atoms with Crippen molar-refractivity contribution < 1.29 is 19.4 Å². The topological polar surface area (TPSA) is 84.2 Å². The van der Waals surface area contributed by atoms with Gasteiger partial charge in [-0.25, -0.2) is 4.79 Å². The van der Waals surface area contributed by atoms with Crippen molar-refractivity contribution in [3.63, 3.8) is 0 Å². The molecule has 3 heterocycles. The van der Waals surface area contributed by atoms with Crippen molar-refractivity contribution in [3.05, 3.63) is 70.0 Å². The smallest absolute Gasteiger partial charge is 0.407 e. The average Bonchev–Trinajstić information content (AvgIpc) is 2.90. The number of carbonyl (C=O) groups is 1. The molecule has 2 atom stereocenters. The molecule has 1 saturated heterocycles. The predicted molar refractivity (Wildman–Crippen MR) is 152 cm³/mol. The molecule has 0 radical (unpaired) electrons. The summed E-state index contributed by atoms with van der Waals surface area (Å²) in [5.74, 6) is 1.37. The maximum Gasteiger partial charge on any atom is 0.407 e. The van der Waals surface area contributed by atoms with E-state index in [0.29, 0.717) is 37.8 Å². The van der Waals surface area contributed by atoms with Gasteiger partial charge in [0.1, 0.15) is 13.2 Å². The van der Waals surface area contributed by atoms with Crippen LogP contribution in [0, 0.1) is 12.3 Å². The van der Waals surface area contributed by atoms with Gasteiger partial charge in [-0.05, 0) is 66.0 Å². The molecule has 2 unspecified atom stereocenters. The molecule has 1 aromatic heterocycles. The number of carboxylic acid groups (broad SMARTS) is 1. The van der Waals surface area contributed by atoms with Crippen LogP contribution in [0.5, 0.6) is 11.5 Å². The molecule has 208 valence electrons. The molecule has 0 spiro atoms. The van der Waals surface area contributed by atoms with Crippen LogP contribution < -0.4 is 15.0 Å². The van der Waals surface area contributed by atoms with Gasteiger partial charge in [0, 0.05) is 44.3 Å². The van der Waals surface area contributed by atoms with E-state index < -0.39 is 6.09 Å². The molecule has 0 saturated carbocycles. The van der Waals surface area contributed by atoms with E-state index in [-0.39, 0.29) is 23.1 Å². The SMILES string of the molecule is Cc1ccc2ccc(=O)n(CCN3CCC(N(Cc4ccc5c(c4)OCCO5)C(=O)O)CC3C(C)(C)C)c2c1. The van der Waals surface area contributed by atoms with Crippen LogP contribution in [0.4, 0.5) is 4.79 Å². The largest absolute Gasteiger partial charge is 0.486 e. The second-order valence-corrected chi connectivity index (χ2v) is 11.9. The molecule has 8 nitrogen and oxygen atoms in total. The van der Waals surface area contributed by atoms with Gasteiger partial charge in [-0.2, -0.15) is 0 Å². The third kappa shape index (κ3) is 5.91. The number of benzene rings is 2. The summed E-state index contributed by atoms with van der Waals surface area (Å²) >= 11 is 0. The minimum atomic E-state index is -0.909. The number of likely N-dealkylation sites (tertiary alicyclic amines) is 1. The third-order valence-corrected chi connectivity index (χ3v) is 8.09. The molecule has 1 N–H and O–H groups in total. The fraction of sp³-hybridized carbons (Fsp3) is 0.484. The Morgan fingerprint density at radius 1 is 1.03 bits per heavy atom. The number of pyridine rings is 1. The summed E-state index contributed by atoms with van der Waals surface area (Å²) in [7, 11) is 0. The number of aryl methyl sites for hydroxylation is 1. The highest BCUT2D eigenvalue weighted by Crippen LogP contribution is 2.35. The summed E-state index contributed by atoms with van der Waals surface area (Å²) in [5, 5.41) is 11.3. The van der Waals surface area contributed by atoms with Gasteiger partial charge >= 0.3 is 6.09 Å². The Morgan fingerprint density at radius 2 is 1.77 bits per heavy atom. The van der Waals surface area contributed by atoms with E-state index in [1.165, 1.54) is 0 Å². The minimum Gasteiger partial charge on any atom is -0.486 e. The summed E-state index contributed by atoms with van der Waals surface area (Å²) in [4.78, 5) is 29.3. The summed E-state index contributed by atoms with van der Waals surface area (Å²) in [5.41, 5.74) is 2.93. The number of fused-ring (bicyclic) bond motifs is 2. The maximum absolute atomic E-state index is 12.8. The second kappa shape index (κ2) is 10.9. The second-order valence-electron chi connectivity index (χ2n) is 11.9. The highest BCUT2D eigenvalue weighted by molar-refractivity contribution is 5.79. The van der Waals surface area contributed by atoms with Gasteiger partial charge in [-0.15, -0.1) is 0 Å². The van der Waals surface area contributed by atoms with Gasteiger partial charge in [0.2, 0.25) is 0 Å². The van der Waals surface area contributed by atoms with Gasteiger partial charge in [0.15, 0.2) is 11.5 Å². The zero-order chi connectivity index (χ0) is 27.7. The number of ether oxygens (including phenoxy) is 2. The lowest BCUT2D eigenvalue weighted by Gasteiger charge is -2.48. The number of amides is 1. The van der Waals surface area contributed by atoms with E-state index in [9.17, 15) is 14.7 Å². The predicted octanol–water partition coefficient (Wildman–Crippen LogP) is 5.14. The molecule has 2 aliphatic heterocycles. The van der Waals surface area contributed by atoms with Crippen molar-refractivity contribution in [1.82, 2.24) is 14.4 Å². The lowest BCUT2D eigenvalue weighted by molar-refractivity contribution is 0.0131. The molecular weight excluding hydrogens is 494 g/mol. The number of piperidine rings is 1. The Balaban J connectivity index is 1.33. The first-order valence-corrected chi connectivity index (χ1v) is 13.8. The fourth-order valence-corrected chi connectivity index (χ4v) is 6.04. The molecule has 1 amide bonds.